The molecule has 0 aliphatic carbocycles. The summed E-state index contributed by atoms with van der Waals surface area (Å²) in [6.07, 6.45) is 0.883. The third-order valence-electron chi connectivity index (χ3n) is 2.02. The fourth-order valence-electron chi connectivity index (χ4n) is 1.25. The van der Waals surface area contributed by atoms with Gasteiger partial charge < -0.3 is 5.11 Å². The molecule has 5 heteroatoms. The van der Waals surface area contributed by atoms with Crippen molar-refractivity contribution in [3.8, 4) is 0 Å². The van der Waals surface area contributed by atoms with Crippen LogP contribution in [0.4, 0.5) is 0 Å². The van der Waals surface area contributed by atoms with E-state index in [1.165, 1.54) is 11.5 Å². The average molecular weight is 260 g/mol. The largest absolute Gasteiger partial charge is 0.384 e. The van der Waals surface area contributed by atoms with E-state index >= 15 is 0 Å². The first kappa shape index (κ1) is 10.9. The molecule has 2 aromatic rings. The normalized spacial score (nSPS) is 12.7. The van der Waals surface area contributed by atoms with Crippen molar-refractivity contribution in [3.05, 3.63) is 50.9 Å². The van der Waals surface area contributed by atoms with Crippen molar-refractivity contribution in [3.63, 3.8) is 0 Å². The predicted molar refractivity (Wildman–Crippen MR) is 62.6 cm³/mol. The minimum absolute atomic E-state index is 0.459. The highest BCUT2D eigenvalue weighted by atomic mass is 35.5. The molecule has 1 atom stereocenters. The number of aliphatic hydroxyl groups excluding tert-OH is 1. The van der Waals surface area contributed by atoms with Crippen LogP contribution in [-0.4, -0.2) is 9.48 Å². The van der Waals surface area contributed by atoms with Gasteiger partial charge in [-0.2, -0.15) is 0 Å². The standard InChI is InChI=1S/C10H7Cl2NOS/c11-7-1-2-8(9(12)3-7)10(14)6-4-13-15-5-6/h1-5,10,14H. The number of rotatable bonds is 2. The molecule has 1 N–H and O–H groups in total. The van der Waals surface area contributed by atoms with E-state index in [1.54, 1.807) is 29.8 Å². The van der Waals surface area contributed by atoms with Crippen molar-refractivity contribution in [2.24, 2.45) is 0 Å². The second-order valence-corrected chi connectivity index (χ2v) is 4.53. The molecule has 0 saturated carbocycles. The second kappa shape index (κ2) is 4.49. The number of benzene rings is 1. The van der Waals surface area contributed by atoms with Gasteiger partial charge in [-0.15, -0.1) is 0 Å². The van der Waals surface area contributed by atoms with Gasteiger partial charge in [-0.05, 0) is 23.7 Å². The summed E-state index contributed by atoms with van der Waals surface area (Å²) >= 11 is 13.0. The van der Waals surface area contributed by atoms with Crippen LogP contribution in [0.25, 0.3) is 0 Å². The van der Waals surface area contributed by atoms with Gasteiger partial charge in [0.25, 0.3) is 0 Å². The van der Waals surface area contributed by atoms with E-state index in [0.29, 0.717) is 15.6 Å². The van der Waals surface area contributed by atoms with Gasteiger partial charge in [-0.25, -0.2) is 4.37 Å². The quantitative estimate of drug-likeness (QED) is 0.895. The van der Waals surface area contributed by atoms with Crippen LogP contribution in [0, 0.1) is 0 Å². The van der Waals surface area contributed by atoms with Crippen molar-refractivity contribution in [1.29, 1.82) is 0 Å². The summed E-state index contributed by atoms with van der Waals surface area (Å²) in [5.74, 6) is 0. The predicted octanol–water partition coefficient (Wildman–Crippen LogP) is 3.53. The summed E-state index contributed by atoms with van der Waals surface area (Å²) in [5.41, 5.74) is 1.38. The van der Waals surface area contributed by atoms with Crippen LogP contribution >= 0.6 is 34.7 Å². The van der Waals surface area contributed by atoms with E-state index < -0.39 is 6.10 Å². The van der Waals surface area contributed by atoms with E-state index in [0.717, 1.165) is 5.56 Å². The lowest BCUT2D eigenvalue weighted by atomic mass is 10.1. The van der Waals surface area contributed by atoms with Gasteiger partial charge in [0.05, 0.1) is 0 Å². The van der Waals surface area contributed by atoms with E-state index in [4.69, 9.17) is 23.2 Å². The molecular formula is C10H7Cl2NOS. The Morgan fingerprint density at radius 1 is 1.33 bits per heavy atom. The molecule has 1 unspecified atom stereocenters. The molecule has 15 heavy (non-hydrogen) atoms. The van der Waals surface area contributed by atoms with E-state index in [9.17, 15) is 5.11 Å². The Balaban J connectivity index is 2.38. The summed E-state index contributed by atoms with van der Waals surface area (Å²) in [7, 11) is 0. The minimum Gasteiger partial charge on any atom is -0.384 e. The molecule has 0 fully saturated rings. The molecule has 1 aromatic carbocycles. The minimum atomic E-state index is -0.742. The topological polar surface area (TPSA) is 33.1 Å². The molecule has 0 aliphatic rings. The lowest BCUT2D eigenvalue weighted by Gasteiger charge is -2.10. The molecule has 0 bridgehead atoms. The molecule has 1 heterocycles. The maximum atomic E-state index is 9.99. The maximum absolute atomic E-state index is 9.99. The third kappa shape index (κ3) is 2.32. The van der Waals surface area contributed by atoms with E-state index in [-0.39, 0.29) is 0 Å². The Kier molecular flexibility index (Phi) is 3.26. The first-order chi connectivity index (χ1) is 7.18. The second-order valence-electron chi connectivity index (χ2n) is 3.03. The molecule has 0 spiro atoms. The third-order valence-corrected chi connectivity index (χ3v) is 3.19. The molecule has 0 amide bonds. The smallest absolute Gasteiger partial charge is 0.108 e. The molecule has 2 rings (SSSR count). The van der Waals surface area contributed by atoms with Crippen molar-refractivity contribution >= 4 is 34.7 Å². The summed E-state index contributed by atoms with van der Waals surface area (Å²) in [6, 6.07) is 5.03. The Labute approximate surface area is 101 Å². The SMILES string of the molecule is OC(c1cnsc1)c1ccc(Cl)cc1Cl. The van der Waals surface area contributed by atoms with Crippen molar-refractivity contribution in [1.82, 2.24) is 4.37 Å². The van der Waals surface area contributed by atoms with Gasteiger partial charge >= 0.3 is 0 Å². The highest BCUT2D eigenvalue weighted by molar-refractivity contribution is 7.03. The molecular weight excluding hydrogens is 253 g/mol. The van der Waals surface area contributed by atoms with Crippen LogP contribution in [0.1, 0.15) is 17.2 Å². The molecule has 0 radical (unpaired) electrons. The lowest BCUT2D eigenvalue weighted by Crippen LogP contribution is -1.98. The summed E-state index contributed by atoms with van der Waals surface area (Å²) in [4.78, 5) is 0. The van der Waals surface area contributed by atoms with Crippen molar-refractivity contribution in [2.75, 3.05) is 0 Å². The number of halogens is 2. The van der Waals surface area contributed by atoms with Crippen LogP contribution in [0.3, 0.4) is 0 Å². The Hall–Kier alpha value is -0.610. The summed E-state index contributed by atoms with van der Waals surface area (Å²) in [6.45, 7) is 0. The van der Waals surface area contributed by atoms with Gasteiger partial charge in [-0.1, -0.05) is 29.3 Å². The number of hydrogen-bond donors (Lipinski definition) is 1. The molecule has 1 aromatic heterocycles. The number of aliphatic hydroxyl groups is 1. The van der Waals surface area contributed by atoms with Crippen LogP contribution < -0.4 is 0 Å². The van der Waals surface area contributed by atoms with Crippen LogP contribution in [0.15, 0.2) is 29.8 Å². The first-order valence-electron chi connectivity index (χ1n) is 4.21. The fraction of sp³-hybridized carbons (Fsp3) is 0.100. The maximum Gasteiger partial charge on any atom is 0.108 e. The van der Waals surface area contributed by atoms with E-state index in [1.807, 2.05) is 0 Å². The van der Waals surface area contributed by atoms with Crippen LogP contribution in [-0.2, 0) is 0 Å². The molecule has 0 aliphatic heterocycles. The molecule has 2 nitrogen and oxygen atoms in total. The van der Waals surface area contributed by atoms with Crippen molar-refractivity contribution in [2.45, 2.75) is 6.10 Å². The zero-order valence-corrected chi connectivity index (χ0v) is 9.85. The summed E-state index contributed by atoms with van der Waals surface area (Å²) in [5, 5.41) is 12.8. The molecule has 0 saturated heterocycles. The number of aromatic nitrogens is 1. The first-order valence-corrected chi connectivity index (χ1v) is 5.80. The Morgan fingerprint density at radius 2 is 2.13 bits per heavy atom. The van der Waals surface area contributed by atoms with Crippen LogP contribution in [0.2, 0.25) is 10.0 Å². The van der Waals surface area contributed by atoms with Crippen molar-refractivity contribution < 1.29 is 5.11 Å². The fourth-order valence-corrected chi connectivity index (χ4v) is 2.32. The van der Waals surface area contributed by atoms with Crippen LogP contribution in [0.5, 0.6) is 0 Å². The van der Waals surface area contributed by atoms with Gasteiger partial charge in [-0.3, -0.25) is 0 Å². The van der Waals surface area contributed by atoms with E-state index in [2.05, 4.69) is 4.37 Å². The van der Waals surface area contributed by atoms with Gasteiger partial charge in [0, 0.05) is 32.7 Å². The van der Waals surface area contributed by atoms with Gasteiger partial charge in [0.1, 0.15) is 6.10 Å². The van der Waals surface area contributed by atoms with Gasteiger partial charge in [0.2, 0.25) is 0 Å². The Morgan fingerprint density at radius 3 is 2.73 bits per heavy atom. The summed E-state index contributed by atoms with van der Waals surface area (Å²) < 4.78 is 3.93. The number of nitrogens with zero attached hydrogens (tertiary/aromatic N) is 1. The lowest BCUT2D eigenvalue weighted by molar-refractivity contribution is 0.220. The highest BCUT2D eigenvalue weighted by Gasteiger charge is 2.14. The number of hydrogen-bond acceptors (Lipinski definition) is 3. The average Bonchev–Trinajstić information content (AvgIpc) is 2.69. The highest BCUT2D eigenvalue weighted by Crippen LogP contribution is 2.30. The monoisotopic (exact) mass is 259 g/mol. The van der Waals surface area contributed by atoms with Gasteiger partial charge in [0.15, 0.2) is 0 Å². The Bertz CT molecular complexity index is 458. The molecule has 78 valence electrons. The zero-order valence-electron chi connectivity index (χ0n) is 7.52. The zero-order chi connectivity index (χ0) is 10.8.